The summed E-state index contributed by atoms with van der Waals surface area (Å²) < 4.78 is 0. The summed E-state index contributed by atoms with van der Waals surface area (Å²) in [5.41, 5.74) is 1.13. The number of carbonyl (C=O) groups is 1. The molecule has 98 valence electrons. The zero-order chi connectivity index (χ0) is 13.5. The number of benzene rings is 1. The number of aromatic nitrogens is 2. The first-order chi connectivity index (χ1) is 9.29. The lowest BCUT2D eigenvalue weighted by Gasteiger charge is -2.14. The summed E-state index contributed by atoms with van der Waals surface area (Å²) in [6.07, 6.45) is 5.59. The van der Waals surface area contributed by atoms with E-state index in [0.717, 1.165) is 10.6 Å². The summed E-state index contributed by atoms with van der Waals surface area (Å²) >= 11 is 1.43. The molecule has 1 heterocycles. The lowest BCUT2D eigenvalue weighted by Crippen LogP contribution is -2.31. The molecule has 0 fully saturated rings. The van der Waals surface area contributed by atoms with Gasteiger partial charge in [-0.05, 0) is 12.0 Å². The molecule has 0 radical (unpaired) electrons. The molecule has 0 spiro atoms. The molecule has 2 aromatic rings. The van der Waals surface area contributed by atoms with Crippen LogP contribution in [0.5, 0.6) is 0 Å². The van der Waals surface area contributed by atoms with E-state index in [9.17, 15) is 4.79 Å². The average Bonchev–Trinajstić information content (AvgIpc) is 2.48. The number of hydrogen-bond acceptors (Lipinski definition) is 4. The topological polar surface area (TPSA) is 54.9 Å². The molecule has 1 aromatic heterocycles. The van der Waals surface area contributed by atoms with Crippen LogP contribution < -0.4 is 5.32 Å². The number of nitrogens with one attached hydrogen (secondary N) is 1. The largest absolute Gasteiger partial charge is 0.358 e. The van der Waals surface area contributed by atoms with E-state index in [2.05, 4.69) is 15.3 Å². The summed E-state index contributed by atoms with van der Waals surface area (Å²) in [7, 11) is 1.65. The Hall–Kier alpha value is -1.88. The third-order valence-corrected chi connectivity index (χ3v) is 3.72. The number of rotatable bonds is 5. The monoisotopic (exact) mass is 273 g/mol. The van der Waals surface area contributed by atoms with Crippen LogP contribution in [0.25, 0.3) is 0 Å². The normalized spacial score (nSPS) is 11.8. The van der Waals surface area contributed by atoms with Crippen LogP contribution in [-0.2, 0) is 11.2 Å². The Labute approximate surface area is 116 Å². The third kappa shape index (κ3) is 4.06. The Morgan fingerprint density at radius 1 is 1.32 bits per heavy atom. The van der Waals surface area contributed by atoms with Crippen molar-refractivity contribution in [2.24, 2.45) is 0 Å². The first kappa shape index (κ1) is 13.5. The van der Waals surface area contributed by atoms with Crippen molar-refractivity contribution in [3.8, 4) is 0 Å². The van der Waals surface area contributed by atoms with E-state index >= 15 is 0 Å². The zero-order valence-electron chi connectivity index (χ0n) is 10.6. The summed E-state index contributed by atoms with van der Waals surface area (Å²) in [6.45, 7) is 0. The Balaban J connectivity index is 2.10. The summed E-state index contributed by atoms with van der Waals surface area (Å²) in [4.78, 5) is 20.2. The van der Waals surface area contributed by atoms with E-state index < -0.39 is 0 Å². The maximum Gasteiger partial charge on any atom is 0.233 e. The van der Waals surface area contributed by atoms with Crippen LogP contribution >= 0.6 is 11.8 Å². The molecule has 1 atom stereocenters. The fourth-order valence-electron chi connectivity index (χ4n) is 1.67. The minimum Gasteiger partial charge on any atom is -0.358 e. The highest BCUT2D eigenvalue weighted by molar-refractivity contribution is 8.00. The molecule has 1 aromatic carbocycles. The second-order valence-corrected chi connectivity index (χ2v) is 5.18. The van der Waals surface area contributed by atoms with E-state index in [1.165, 1.54) is 11.8 Å². The number of hydrogen-bond donors (Lipinski definition) is 1. The number of amides is 1. The zero-order valence-corrected chi connectivity index (χ0v) is 11.4. The van der Waals surface area contributed by atoms with Crippen molar-refractivity contribution in [3.63, 3.8) is 0 Å². The van der Waals surface area contributed by atoms with Crippen LogP contribution in [0.15, 0.2) is 53.9 Å². The maximum atomic E-state index is 11.9. The molecular formula is C14H15N3OS. The number of carbonyl (C=O) groups excluding carboxylic acids is 1. The van der Waals surface area contributed by atoms with Crippen molar-refractivity contribution in [3.05, 3.63) is 54.5 Å². The van der Waals surface area contributed by atoms with Crippen molar-refractivity contribution in [1.82, 2.24) is 15.3 Å². The molecule has 0 aliphatic heterocycles. The third-order valence-electron chi connectivity index (χ3n) is 2.61. The smallest absolute Gasteiger partial charge is 0.233 e. The fraction of sp³-hybridized carbons (Fsp3) is 0.214. The first-order valence-electron chi connectivity index (χ1n) is 5.98. The van der Waals surface area contributed by atoms with E-state index in [1.807, 2.05) is 30.3 Å². The Kier molecular flexibility index (Phi) is 4.92. The molecule has 0 aliphatic rings. The molecule has 0 bridgehead atoms. The summed E-state index contributed by atoms with van der Waals surface area (Å²) in [5.74, 6) is -0.000457. The van der Waals surface area contributed by atoms with E-state index in [0.29, 0.717) is 6.42 Å². The van der Waals surface area contributed by atoms with Crippen LogP contribution in [0.2, 0.25) is 0 Å². The van der Waals surface area contributed by atoms with E-state index in [4.69, 9.17) is 0 Å². The predicted octanol–water partition coefficient (Wildman–Crippen LogP) is 1.93. The predicted molar refractivity (Wildman–Crippen MR) is 75.9 cm³/mol. The molecule has 19 heavy (non-hydrogen) atoms. The van der Waals surface area contributed by atoms with Gasteiger partial charge in [-0.25, -0.2) is 4.98 Å². The molecule has 0 saturated carbocycles. The van der Waals surface area contributed by atoms with Gasteiger partial charge in [-0.3, -0.25) is 9.78 Å². The maximum absolute atomic E-state index is 11.9. The van der Waals surface area contributed by atoms with Crippen LogP contribution in [0.4, 0.5) is 0 Å². The molecule has 4 nitrogen and oxygen atoms in total. The lowest BCUT2D eigenvalue weighted by atomic mass is 10.1. The highest BCUT2D eigenvalue weighted by Gasteiger charge is 2.19. The second-order valence-electron chi connectivity index (χ2n) is 3.95. The fourth-order valence-corrected chi connectivity index (χ4v) is 2.70. The molecule has 0 unspecified atom stereocenters. The van der Waals surface area contributed by atoms with E-state index in [1.54, 1.807) is 25.6 Å². The Bertz CT molecular complexity index is 477. The number of thioether (sulfide) groups is 1. The van der Waals surface area contributed by atoms with Gasteiger partial charge in [-0.1, -0.05) is 42.1 Å². The van der Waals surface area contributed by atoms with E-state index in [-0.39, 0.29) is 11.2 Å². The standard InChI is InChI=1S/C14H15N3OS/c1-15-14(18)12(9-11-5-3-2-4-6-11)19-13-10-16-7-8-17-13/h2-8,10,12H,9H2,1H3,(H,15,18)/t12-/m0/s1. The van der Waals surface area contributed by atoms with Crippen LogP contribution in [0.1, 0.15) is 5.56 Å². The molecular weight excluding hydrogens is 258 g/mol. The van der Waals surface area contributed by atoms with Crippen LogP contribution in [0, 0.1) is 0 Å². The van der Waals surface area contributed by atoms with Gasteiger partial charge in [0, 0.05) is 19.4 Å². The summed E-state index contributed by atoms with van der Waals surface area (Å²) in [6, 6.07) is 9.96. The van der Waals surface area contributed by atoms with Gasteiger partial charge in [0.25, 0.3) is 0 Å². The molecule has 0 saturated heterocycles. The van der Waals surface area contributed by atoms with Crippen molar-refractivity contribution < 1.29 is 4.79 Å². The van der Waals surface area contributed by atoms with Gasteiger partial charge in [0.05, 0.1) is 11.4 Å². The molecule has 1 N–H and O–H groups in total. The van der Waals surface area contributed by atoms with Gasteiger partial charge in [0.1, 0.15) is 5.03 Å². The van der Waals surface area contributed by atoms with Gasteiger partial charge < -0.3 is 5.32 Å². The van der Waals surface area contributed by atoms with Gasteiger partial charge >= 0.3 is 0 Å². The highest BCUT2D eigenvalue weighted by Crippen LogP contribution is 2.23. The van der Waals surface area contributed by atoms with Crippen molar-refractivity contribution in [1.29, 1.82) is 0 Å². The number of nitrogens with zero attached hydrogens (tertiary/aromatic N) is 2. The molecule has 1 amide bonds. The van der Waals surface area contributed by atoms with Crippen molar-refractivity contribution in [2.45, 2.75) is 16.7 Å². The van der Waals surface area contributed by atoms with Crippen LogP contribution in [-0.4, -0.2) is 28.2 Å². The minimum atomic E-state index is -0.205. The first-order valence-corrected chi connectivity index (χ1v) is 6.85. The molecule has 2 rings (SSSR count). The van der Waals surface area contributed by atoms with Gasteiger partial charge in [0.15, 0.2) is 0 Å². The highest BCUT2D eigenvalue weighted by atomic mass is 32.2. The van der Waals surface area contributed by atoms with Gasteiger partial charge in [-0.15, -0.1) is 0 Å². The molecule has 0 aliphatic carbocycles. The second kappa shape index (κ2) is 6.89. The van der Waals surface area contributed by atoms with Crippen molar-refractivity contribution in [2.75, 3.05) is 7.05 Å². The molecule has 5 heteroatoms. The Morgan fingerprint density at radius 3 is 2.74 bits per heavy atom. The summed E-state index contributed by atoms with van der Waals surface area (Å²) in [5, 5.41) is 3.25. The van der Waals surface area contributed by atoms with Crippen LogP contribution in [0.3, 0.4) is 0 Å². The quantitative estimate of drug-likeness (QED) is 0.846. The Morgan fingerprint density at radius 2 is 2.11 bits per heavy atom. The van der Waals surface area contributed by atoms with Gasteiger partial charge in [-0.2, -0.15) is 0 Å². The van der Waals surface area contributed by atoms with Gasteiger partial charge in [0.2, 0.25) is 5.91 Å². The lowest BCUT2D eigenvalue weighted by molar-refractivity contribution is -0.120. The van der Waals surface area contributed by atoms with Crippen molar-refractivity contribution >= 4 is 17.7 Å². The SMILES string of the molecule is CNC(=O)[C@H](Cc1ccccc1)Sc1cnccn1. The minimum absolute atomic E-state index is 0.000457. The average molecular weight is 273 g/mol.